The Morgan fingerprint density at radius 2 is 1.83 bits per heavy atom. The number of imide groups is 1. The second-order valence-electron chi connectivity index (χ2n) is 7.23. The van der Waals surface area contributed by atoms with E-state index in [4.69, 9.17) is 9.47 Å². The third-order valence-corrected chi connectivity index (χ3v) is 5.72. The van der Waals surface area contributed by atoms with Gasteiger partial charge in [-0.05, 0) is 48.9 Å². The Kier molecular flexibility index (Phi) is 2.92. The zero-order valence-corrected chi connectivity index (χ0v) is 13.5. The summed E-state index contributed by atoms with van der Waals surface area (Å²) >= 11 is 0. The summed E-state index contributed by atoms with van der Waals surface area (Å²) < 4.78 is 10.8. The number of benzene rings is 1. The first-order valence-corrected chi connectivity index (χ1v) is 8.54. The molecule has 4 aliphatic rings. The van der Waals surface area contributed by atoms with Crippen molar-refractivity contribution in [1.82, 2.24) is 0 Å². The molecule has 5 unspecified atom stereocenters. The third kappa shape index (κ3) is 1.97. The second-order valence-corrected chi connectivity index (χ2v) is 7.23. The van der Waals surface area contributed by atoms with Crippen molar-refractivity contribution in [3.8, 4) is 5.75 Å². The normalized spacial score (nSPS) is 35.7. The summed E-state index contributed by atoms with van der Waals surface area (Å²) in [6.45, 7) is 3.21. The SMILES string of the molecule is Cc1cc(OCC2CO2)ccc1N1C(=O)C2C3C=CC(C3)C2C1=O. The third-order valence-electron chi connectivity index (χ3n) is 5.72. The number of anilines is 1. The van der Waals surface area contributed by atoms with E-state index in [2.05, 4.69) is 12.2 Å². The predicted molar refractivity (Wildman–Crippen MR) is 86.6 cm³/mol. The molecule has 5 rings (SSSR count). The molecule has 0 spiro atoms. The number of carbonyl (C=O) groups is 2. The van der Waals surface area contributed by atoms with Gasteiger partial charge in [0.2, 0.25) is 11.8 Å². The minimum Gasteiger partial charge on any atom is -0.491 e. The average Bonchev–Trinajstić information content (AvgIpc) is 3.07. The van der Waals surface area contributed by atoms with Gasteiger partial charge in [-0.25, -0.2) is 4.90 Å². The van der Waals surface area contributed by atoms with Gasteiger partial charge in [0, 0.05) is 0 Å². The monoisotopic (exact) mass is 325 g/mol. The predicted octanol–water partition coefficient (Wildman–Crippen LogP) is 2.08. The van der Waals surface area contributed by atoms with Crippen molar-refractivity contribution in [2.75, 3.05) is 18.1 Å². The van der Waals surface area contributed by atoms with Crippen molar-refractivity contribution in [3.63, 3.8) is 0 Å². The highest BCUT2D eigenvalue weighted by molar-refractivity contribution is 6.23. The lowest BCUT2D eigenvalue weighted by Crippen LogP contribution is -2.33. The summed E-state index contributed by atoms with van der Waals surface area (Å²) in [4.78, 5) is 27.2. The lowest BCUT2D eigenvalue weighted by Gasteiger charge is -2.20. The Labute approximate surface area is 140 Å². The minimum atomic E-state index is -0.158. The molecule has 5 heteroatoms. The fourth-order valence-corrected chi connectivity index (χ4v) is 4.46. The van der Waals surface area contributed by atoms with Gasteiger partial charge in [-0.1, -0.05) is 12.2 Å². The lowest BCUT2D eigenvalue weighted by atomic mass is 9.85. The van der Waals surface area contributed by atoms with E-state index in [9.17, 15) is 9.59 Å². The maximum absolute atomic E-state index is 12.9. The number of rotatable bonds is 4. The van der Waals surface area contributed by atoms with E-state index >= 15 is 0 Å². The first-order chi connectivity index (χ1) is 11.6. The van der Waals surface area contributed by atoms with E-state index in [0.717, 1.165) is 24.3 Å². The van der Waals surface area contributed by atoms with E-state index < -0.39 is 0 Å². The number of nitrogens with zero attached hydrogens (tertiary/aromatic N) is 1. The summed E-state index contributed by atoms with van der Waals surface area (Å²) in [6.07, 6.45) is 5.39. The zero-order chi connectivity index (χ0) is 16.4. The van der Waals surface area contributed by atoms with Gasteiger partial charge in [-0.3, -0.25) is 9.59 Å². The topological polar surface area (TPSA) is 59.1 Å². The molecule has 1 aromatic carbocycles. The van der Waals surface area contributed by atoms with Crippen LogP contribution in [0.3, 0.4) is 0 Å². The van der Waals surface area contributed by atoms with Crippen molar-refractivity contribution in [3.05, 3.63) is 35.9 Å². The van der Waals surface area contributed by atoms with Crippen LogP contribution in [0.4, 0.5) is 5.69 Å². The maximum atomic E-state index is 12.9. The van der Waals surface area contributed by atoms with Crippen molar-refractivity contribution < 1.29 is 19.1 Å². The van der Waals surface area contributed by atoms with Gasteiger partial charge < -0.3 is 9.47 Å². The molecular weight excluding hydrogens is 306 g/mol. The Hall–Kier alpha value is -2.14. The Balaban J connectivity index is 1.42. The molecule has 2 aliphatic carbocycles. The number of hydrogen-bond donors (Lipinski definition) is 0. The van der Waals surface area contributed by atoms with Gasteiger partial charge in [0.25, 0.3) is 0 Å². The van der Waals surface area contributed by atoms with Gasteiger partial charge in [0.1, 0.15) is 18.5 Å². The number of hydrogen-bond acceptors (Lipinski definition) is 4. The van der Waals surface area contributed by atoms with Crippen LogP contribution in [-0.2, 0) is 14.3 Å². The minimum absolute atomic E-state index is 0.0370. The van der Waals surface area contributed by atoms with Crippen LogP contribution in [0, 0.1) is 30.6 Å². The molecular formula is C19H19NO4. The summed E-state index contributed by atoms with van der Waals surface area (Å²) in [7, 11) is 0. The van der Waals surface area contributed by atoms with Crippen molar-refractivity contribution in [1.29, 1.82) is 0 Å². The van der Waals surface area contributed by atoms with E-state index in [1.807, 2.05) is 25.1 Å². The van der Waals surface area contributed by atoms with Crippen molar-refractivity contribution >= 4 is 17.5 Å². The number of amides is 2. The van der Waals surface area contributed by atoms with Crippen LogP contribution < -0.4 is 9.64 Å². The van der Waals surface area contributed by atoms with E-state index in [1.165, 1.54) is 4.90 Å². The molecule has 0 N–H and O–H groups in total. The molecule has 2 amide bonds. The molecule has 2 saturated heterocycles. The first-order valence-electron chi connectivity index (χ1n) is 8.54. The van der Waals surface area contributed by atoms with Gasteiger partial charge in [-0.2, -0.15) is 0 Å². The second kappa shape index (κ2) is 4.93. The highest BCUT2D eigenvalue weighted by Gasteiger charge is 2.59. The molecule has 1 saturated carbocycles. The molecule has 5 atom stereocenters. The lowest BCUT2D eigenvalue weighted by molar-refractivity contribution is -0.123. The Bertz CT molecular complexity index is 737. The van der Waals surface area contributed by atoms with Gasteiger partial charge in [0.15, 0.2) is 0 Å². The van der Waals surface area contributed by atoms with E-state index in [1.54, 1.807) is 0 Å². The molecule has 2 heterocycles. The number of fused-ring (bicyclic) bond motifs is 5. The fraction of sp³-hybridized carbons (Fsp3) is 0.474. The number of epoxide rings is 1. The Morgan fingerprint density at radius 1 is 1.17 bits per heavy atom. The average molecular weight is 325 g/mol. The molecule has 24 heavy (non-hydrogen) atoms. The fourth-order valence-electron chi connectivity index (χ4n) is 4.46. The summed E-state index contributed by atoms with van der Waals surface area (Å²) in [5.74, 6) is 0.832. The van der Waals surface area contributed by atoms with Crippen LogP contribution in [0.15, 0.2) is 30.4 Å². The highest BCUT2D eigenvalue weighted by atomic mass is 16.6. The first kappa shape index (κ1) is 14.2. The molecule has 5 nitrogen and oxygen atoms in total. The number of aryl methyl sites for hydroxylation is 1. The zero-order valence-electron chi connectivity index (χ0n) is 13.5. The van der Waals surface area contributed by atoms with Crippen LogP contribution in [0.2, 0.25) is 0 Å². The van der Waals surface area contributed by atoms with Crippen LogP contribution in [0.25, 0.3) is 0 Å². The molecule has 3 fully saturated rings. The number of ether oxygens (including phenoxy) is 2. The molecule has 124 valence electrons. The van der Waals surface area contributed by atoms with Gasteiger partial charge >= 0.3 is 0 Å². The van der Waals surface area contributed by atoms with Crippen LogP contribution in [-0.4, -0.2) is 31.1 Å². The summed E-state index contributed by atoms with van der Waals surface area (Å²) in [5, 5.41) is 0. The molecule has 2 bridgehead atoms. The molecule has 0 radical (unpaired) electrons. The molecule has 2 aliphatic heterocycles. The smallest absolute Gasteiger partial charge is 0.238 e. The van der Waals surface area contributed by atoms with Crippen LogP contribution >= 0.6 is 0 Å². The van der Waals surface area contributed by atoms with Gasteiger partial charge in [-0.15, -0.1) is 0 Å². The van der Waals surface area contributed by atoms with E-state index in [-0.39, 0.29) is 41.6 Å². The van der Waals surface area contributed by atoms with Crippen molar-refractivity contribution in [2.24, 2.45) is 23.7 Å². The largest absolute Gasteiger partial charge is 0.491 e. The van der Waals surface area contributed by atoms with Crippen LogP contribution in [0.1, 0.15) is 12.0 Å². The summed E-state index contributed by atoms with van der Waals surface area (Å²) in [6, 6.07) is 5.54. The van der Waals surface area contributed by atoms with E-state index in [0.29, 0.717) is 12.3 Å². The molecule has 0 aromatic heterocycles. The van der Waals surface area contributed by atoms with Crippen LogP contribution in [0.5, 0.6) is 5.75 Å². The van der Waals surface area contributed by atoms with Gasteiger partial charge in [0.05, 0.1) is 24.1 Å². The number of carbonyl (C=O) groups excluding carboxylic acids is 2. The molecule has 1 aromatic rings. The maximum Gasteiger partial charge on any atom is 0.238 e. The Morgan fingerprint density at radius 3 is 2.42 bits per heavy atom. The summed E-state index contributed by atoms with van der Waals surface area (Å²) in [5.41, 5.74) is 1.57. The number of allylic oxidation sites excluding steroid dienone is 2. The highest BCUT2D eigenvalue weighted by Crippen LogP contribution is 2.53. The van der Waals surface area contributed by atoms with Crippen molar-refractivity contribution in [2.45, 2.75) is 19.4 Å². The quantitative estimate of drug-likeness (QED) is 0.483. The standard InChI is InChI=1S/C19H19NO4/c1-10-6-13(23-8-14-9-24-14)4-5-15(10)20-18(21)16-11-2-3-12(7-11)17(16)19(20)22/h2-6,11-12,14,16-17H,7-9H2,1H3.